The second-order valence-electron chi connectivity index (χ2n) is 11.4. The summed E-state index contributed by atoms with van der Waals surface area (Å²) in [5.74, 6) is -1.19. The molecule has 0 aliphatic carbocycles. The number of anilines is 1. The van der Waals surface area contributed by atoms with E-state index in [0.29, 0.717) is 19.4 Å². The third kappa shape index (κ3) is 5.72. The second kappa shape index (κ2) is 10.7. The average Bonchev–Trinajstić information content (AvgIpc) is 3.19. The van der Waals surface area contributed by atoms with Gasteiger partial charge in [0.15, 0.2) is 5.71 Å². The molecule has 0 bridgehead atoms. The highest BCUT2D eigenvalue weighted by molar-refractivity contribution is 7.85. The molecule has 0 spiro atoms. The molecular weight excluding hydrogens is 512 g/mol. The second-order valence-corrected chi connectivity index (χ2v) is 12.9. The fourth-order valence-corrected chi connectivity index (χ4v) is 6.57. The van der Waals surface area contributed by atoms with Gasteiger partial charge >= 0.3 is 5.97 Å². The largest absolute Gasteiger partial charge is 0.748 e. The number of hydrogen-bond donors (Lipinski definition) is 1. The van der Waals surface area contributed by atoms with Gasteiger partial charge in [0, 0.05) is 53.2 Å². The average molecular weight is 551 g/mol. The van der Waals surface area contributed by atoms with E-state index < -0.39 is 16.1 Å². The Morgan fingerprint density at radius 1 is 1.05 bits per heavy atom. The van der Waals surface area contributed by atoms with Gasteiger partial charge < -0.3 is 14.6 Å². The third-order valence-electron chi connectivity index (χ3n) is 7.96. The van der Waals surface area contributed by atoms with E-state index >= 15 is 0 Å². The standard InChI is InChI=1S/C31H38N2O5S/c1-6-32-26-17-16-22(21-29(34)35)20-24(26)31(4,5)27(32)14-11-15-28-30(2,3)23-12-7-8-13-25(23)33(28)18-9-10-19-39(36,37)38/h7-8,11-17,20H,6,9-10,18-19,21H2,1-5H3,(H-,34,35,36,37,38). The van der Waals surface area contributed by atoms with Crippen LogP contribution in [0.5, 0.6) is 0 Å². The fourth-order valence-electron chi connectivity index (χ4n) is 6.01. The smallest absolute Gasteiger partial charge is 0.307 e. The maximum Gasteiger partial charge on any atom is 0.307 e. The number of allylic oxidation sites excluding steroid dienone is 4. The summed E-state index contributed by atoms with van der Waals surface area (Å²) in [5, 5.41) is 9.27. The molecule has 39 heavy (non-hydrogen) atoms. The zero-order valence-electron chi connectivity index (χ0n) is 23.4. The zero-order valence-corrected chi connectivity index (χ0v) is 24.2. The van der Waals surface area contributed by atoms with Gasteiger partial charge in [0.1, 0.15) is 6.54 Å². The number of carboxylic acid groups (broad SMARTS) is 1. The first-order chi connectivity index (χ1) is 18.3. The number of para-hydroxylation sites is 1. The number of aliphatic carboxylic acids is 1. The van der Waals surface area contributed by atoms with E-state index in [1.165, 1.54) is 5.56 Å². The van der Waals surface area contributed by atoms with Crippen LogP contribution >= 0.6 is 0 Å². The highest BCUT2D eigenvalue weighted by Gasteiger charge is 2.44. The molecule has 0 amide bonds. The number of likely N-dealkylation sites (N-methyl/N-ethyl adjacent to an activating group) is 1. The lowest BCUT2D eigenvalue weighted by Crippen LogP contribution is -2.28. The summed E-state index contributed by atoms with van der Waals surface area (Å²) < 4.78 is 35.5. The Morgan fingerprint density at radius 2 is 1.77 bits per heavy atom. The van der Waals surface area contributed by atoms with E-state index in [1.807, 2.05) is 30.3 Å². The molecule has 2 aliphatic heterocycles. The summed E-state index contributed by atoms with van der Waals surface area (Å²) in [4.78, 5) is 13.6. The molecule has 0 aromatic heterocycles. The lowest BCUT2D eigenvalue weighted by Gasteiger charge is -2.25. The molecular formula is C31H38N2O5S. The Balaban J connectivity index is 1.69. The first kappa shape index (κ1) is 28.8. The molecule has 0 atom stereocenters. The molecule has 2 aliphatic rings. The minimum absolute atomic E-state index is 0.00101. The van der Waals surface area contributed by atoms with Crippen molar-refractivity contribution in [1.29, 1.82) is 0 Å². The molecule has 0 saturated heterocycles. The number of rotatable bonds is 10. The van der Waals surface area contributed by atoms with Crippen LogP contribution in [-0.2, 0) is 32.2 Å². The quantitative estimate of drug-likeness (QED) is 0.246. The third-order valence-corrected chi connectivity index (χ3v) is 8.75. The van der Waals surface area contributed by atoms with Gasteiger partial charge in [0.25, 0.3) is 0 Å². The first-order valence-corrected chi connectivity index (χ1v) is 15.0. The van der Waals surface area contributed by atoms with Crippen LogP contribution in [-0.4, -0.2) is 53.2 Å². The number of fused-ring (bicyclic) bond motifs is 2. The van der Waals surface area contributed by atoms with Crippen LogP contribution < -0.4 is 4.90 Å². The van der Waals surface area contributed by atoms with E-state index in [1.54, 1.807) is 0 Å². The highest BCUT2D eigenvalue weighted by atomic mass is 32.2. The Morgan fingerprint density at radius 3 is 2.44 bits per heavy atom. The highest BCUT2D eigenvalue weighted by Crippen LogP contribution is 2.48. The Hall–Kier alpha value is -3.23. The van der Waals surface area contributed by atoms with Crippen molar-refractivity contribution in [3.8, 4) is 0 Å². The number of unbranched alkanes of at least 4 members (excludes halogenated alkanes) is 1. The van der Waals surface area contributed by atoms with Crippen molar-refractivity contribution in [2.45, 2.75) is 64.7 Å². The molecule has 2 aromatic rings. The van der Waals surface area contributed by atoms with Gasteiger partial charge in [0.2, 0.25) is 5.69 Å². The lowest BCUT2D eigenvalue weighted by atomic mass is 9.81. The number of carbonyl (C=O) groups is 1. The van der Waals surface area contributed by atoms with Gasteiger partial charge in [-0.25, -0.2) is 8.42 Å². The fraction of sp³-hybridized carbons (Fsp3) is 0.419. The Bertz CT molecular complexity index is 1480. The van der Waals surface area contributed by atoms with Crippen molar-refractivity contribution in [2.24, 2.45) is 0 Å². The van der Waals surface area contributed by atoms with Crippen molar-refractivity contribution in [1.82, 2.24) is 0 Å². The van der Waals surface area contributed by atoms with Gasteiger partial charge in [-0.05, 0) is 50.5 Å². The summed E-state index contributed by atoms with van der Waals surface area (Å²) >= 11 is 0. The maximum absolute atomic E-state index is 11.3. The van der Waals surface area contributed by atoms with Gasteiger partial charge in [-0.15, -0.1) is 0 Å². The monoisotopic (exact) mass is 550 g/mol. The molecule has 0 radical (unpaired) electrons. The number of benzene rings is 2. The maximum atomic E-state index is 11.3. The van der Waals surface area contributed by atoms with Crippen LogP contribution in [0.1, 0.15) is 64.2 Å². The Kier molecular flexibility index (Phi) is 7.92. The molecule has 7 nitrogen and oxygen atoms in total. The van der Waals surface area contributed by atoms with Crippen molar-refractivity contribution in [2.75, 3.05) is 23.7 Å². The minimum Gasteiger partial charge on any atom is -0.748 e. The minimum atomic E-state index is -4.22. The van der Waals surface area contributed by atoms with Crippen LogP contribution in [0.2, 0.25) is 0 Å². The zero-order chi connectivity index (χ0) is 28.6. The van der Waals surface area contributed by atoms with Crippen LogP contribution in [0.4, 0.5) is 11.4 Å². The molecule has 8 heteroatoms. The van der Waals surface area contributed by atoms with Crippen molar-refractivity contribution in [3.05, 3.63) is 83.1 Å². The molecule has 0 saturated carbocycles. The SMILES string of the molecule is CCN1/C(=C/C=C/C2=[N+](CCCCS(=O)(=O)[O-])c3ccccc3C2(C)C)C(C)(C)c2cc(CC(=O)O)ccc21. The summed E-state index contributed by atoms with van der Waals surface area (Å²) in [6.45, 7) is 12.3. The normalized spacial score (nSPS) is 18.7. The van der Waals surface area contributed by atoms with Gasteiger partial charge in [0.05, 0.1) is 22.0 Å². The van der Waals surface area contributed by atoms with E-state index in [9.17, 15) is 22.9 Å². The number of nitrogens with zero attached hydrogens (tertiary/aromatic N) is 2. The van der Waals surface area contributed by atoms with E-state index in [4.69, 9.17) is 0 Å². The van der Waals surface area contributed by atoms with Gasteiger partial charge in [-0.1, -0.05) is 50.3 Å². The van der Waals surface area contributed by atoms with Crippen LogP contribution in [0.15, 0.2) is 66.4 Å². The van der Waals surface area contributed by atoms with Crippen LogP contribution in [0.25, 0.3) is 0 Å². The van der Waals surface area contributed by atoms with Crippen LogP contribution in [0, 0.1) is 0 Å². The topological polar surface area (TPSA) is 101 Å². The molecule has 208 valence electrons. The summed E-state index contributed by atoms with van der Waals surface area (Å²) in [6, 6.07) is 14.2. The van der Waals surface area contributed by atoms with E-state index in [-0.39, 0.29) is 23.0 Å². The molecule has 2 heterocycles. The molecule has 4 rings (SSSR count). The predicted octanol–water partition coefficient (Wildman–Crippen LogP) is 5.27. The van der Waals surface area contributed by atoms with Crippen LogP contribution in [0.3, 0.4) is 0 Å². The Labute approximate surface area is 231 Å². The van der Waals surface area contributed by atoms with Crippen molar-refractivity contribution >= 4 is 33.2 Å². The summed E-state index contributed by atoms with van der Waals surface area (Å²) in [5.41, 5.74) is 7.05. The molecule has 0 fully saturated rings. The number of hydrogen-bond acceptors (Lipinski definition) is 5. The van der Waals surface area contributed by atoms with Gasteiger partial charge in [-0.3, -0.25) is 4.79 Å². The first-order valence-electron chi connectivity index (χ1n) is 13.5. The van der Waals surface area contributed by atoms with Crippen molar-refractivity contribution < 1.29 is 27.4 Å². The van der Waals surface area contributed by atoms with Crippen molar-refractivity contribution in [3.63, 3.8) is 0 Å². The van der Waals surface area contributed by atoms with Gasteiger partial charge in [-0.2, -0.15) is 4.58 Å². The predicted molar refractivity (Wildman–Crippen MR) is 154 cm³/mol. The lowest BCUT2D eigenvalue weighted by molar-refractivity contribution is -0.438. The molecule has 2 aromatic carbocycles. The van der Waals surface area contributed by atoms with E-state index in [2.05, 4.69) is 74.5 Å². The van der Waals surface area contributed by atoms with E-state index in [0.717, 1.165) is 40.5 Å². The summed E-state index contributed by atoms with van der Waals surface area (Å²) in [7, 11) is -4.22. The molecule has 0 unspecified atom stereocenters. The number of carboxylic acids is 1. The summed E-state index contributed by atoms with van der Waals surface area (Å²) in [6.07, 6.45) is 7.29. The molecule has 1 N–H and O–H groups in total.